The second-order valence-corrected chi connectivity index (χ2v) is 11.1. The third-order valence-electron chi connectivity index (χ3n) is 8.57. The van der Waals surface area contributed by atoms with Gasteiger partial charge in [0.1, 0.15) is 5.65 Å². The first-order valence-electron chi connectivity index (χ1n) is 14.6. The van der Waals surface area contributed by atoms with Crippen LogP contribution in [0.25, 0.3) is 82.5 Å². The molecule has 0 spiro atoms. The number of benzene rings is 6. The van der Waals surface area contributed by atoms with Gasteiger partial charge in [-0.15, -0.1) is 0 Å². The molecular formula is C40H25N3. The van der Waals surface area contributed by atoms with Crippen LogP contribution in [0.5, 0.6) is 0 Å². The van der Waals surface area contributed by atoms with Crippen molar-refractivity contribution in [3.05, 3.63) is 152 Å². The number of pyridine rings is 2. The molecule has 0 radical (unpaired) electrons. The van der Waals surface area contributed by atoms with Crippen LogP contribution in [0.15, 0.2) is 152 Å². The highest BCUT2D eigenvalue weighted by Crippen LogP contribution is 2.43. The maximum Gasteiger partial charge on any atom is 0.137 e. The molecule has 3 nitrogen and oxygen atoms in total. The molecule has 0 saturated heterocycles. The topological polar surface area (TPSA) is 30.2 Å². The molecule has 3 heterocycles. The van der Waals surface area contributed by atoms with Crippen molar-refractivity contribution in [1.82, 2.24) is 14.4 Å². The maximum atomic E-state index is 5.34. The highest BCUT2D eigenvalue weighted by atomic mass is 15.0. The lowest BCUT2D eigenvalue weighted by molar-refractivity contribution is 1.19. The van der Waals surface area contributed by atoms with E-state index >= 15 is 0 Å². The van der Waals surface area contributed by atoms with Crippen LogP contribution < -0.4 is 0 Å². The summed E-state index contributed by atoms with van der Waals surface area (Å²) in [5.74, 6) is 0. The molecular weight excluding hydrogens is 522 g/mol. The van der Waals surface area contributed by atoms with Gasteiger partial charge in [-0.25, -0.2) is 9.97 Å². The van der Waals surface area contributed by atoms with E-state index in [0.717, 1.165) is 44.8 Å². The molecule has 0 atom stereocenters. The average molecular weight is 548 g/mol. The second-order valence-electron chi connectivity index (χ2n) is 11.1. The SMILES string of the molecule is c1ccc(-c2cn3cc(-c4cccc(-c5nc6ccccc6c6c7ccccc7c7ccccc7c56)c4)ccc3n2)cc1. The van der Waals surface area contributed by atoms with Crippen LogP contribution in [0.2, 0.25) is 0 Å². The third-order valence-corrected chi connectivity index (χ3v) is 8.57. The summed E-state index contributed by atoms with van der Waals surface area (Å²) in [6, 6.07) is 49.4. The molecule has 0 aliphatic carbocycles. The van der Waals surface area contributed by atoms with Gasteiger partial charge in [0.25, 0.3) is 0 Å². The van der Waals surface area contributed by atoms with E-state index in [4.69, 9.17) is 9.97 Å². The number of hydrogen-bond donors (Lipinski definition) is 0. The summed E-state index contributed by atoms with van der Waals surface area (Å²) in [4.78, 5) is 10.2. The van der Waals surface area contributed by atoms with Crippen molar-refractivity contribution in [3.63, 3.8) is 0 Å². The van der Waals surface area contributed by atoms with Gasteiger partial charge in [-0.05, 0) is 56.9 Å². The van der Waals surface area contributed by atoms with E-state index in [2.05, 4.69) is 138 Å². The zero-order valence-electron chi connectivity index (χ0n) is 23.3. The molecule has 9 rings (SSSR count). The van der Waals surface area contributed by atoms with E-state index in [-0.39, 0.29) is 0 Å². The number of aromatic nitrogens is 3. The lowest BCUT2D eigenvalue weighted by Crippen LogP contribution is -1.93. The van der Waals surface area contributed by atoms with E-state index in [9.17, 15) is 0 Å². The number of fused-ring (bicyclic) bond motifs is 9. The number of nitrogens with zero attached hydrogens (tertiary/aromatic N) is 3. The van der Waals surface area contributed by atoms with Crippen molar-refractivity contribution in [3.8, 4) is 33.6 Å². The van der Waals surface area contributed by atoms with Gasteiger partial charge in [-0.3, -0.25) is 0 Å². The van der Waals surface area contributed by atoms with Gasteiger partial charge < -0.3 is 4.40 Å². The van der Waals surface area contributed by atoms with E-state index in [1.807, 2.05) is 18.2 Å². The summed E-state index contributed by atoms with van der Waals surface area (Å²) < 4.78 is 2.12. The number of hydrogen-bond acceptors (Lipinski definition) is 2. The Labute approximate surface area is 248 Å². The number of para-hydroxylation sites is 1. The van der Waals surface area contributed by atoms with Crippen LogP contribution in [0.4, 0.5) is 0 Å². The minimum absolute atomic E-state index is 0.930. The molecule has 3 aromatic heterocycles. The lowest BCUT2D eigenvalue weighted by atomic mass is 9.89. The van der Waals surface area contributed by atoms with Crippen LogP contribution in [-0.2, 0) is 0 Å². The minimum atomic E-state index is 0.930. The molecule has 200 valence electrons. The molecule has 0 fully saturated rings. The smallest absolute Gasteiger partial charge is 0.137 e. The monoisotopic (exact) mass is 547 g/mol. The third kappa shape index (κ3) is 3.75. The predicted octanol–water partition coefficient (Wildman–Crippen LogP) is 10.3. The maximum absolute atomic E-state index is 5.34. The first kappa shape index (κ1) is 23.9. The molecule has 3 heteroatoms. The van der Waals surface area contributed by atoms with Crippen LogP contribution in [0.3, 0.4) is 0 Å². The standard InChI is InChI=1S/C40H25N3/c1-2-11-26(12-3-1)36-25-43-24-29(21-22-37(43)41-36)27-13-10-14-28(23-27)40-39-33-18-7-5-16-31(33)30-15-4-6-17-32(30)38(39)34-19-8-9-20-35(34)42-40/h1-25H. The van der Waals surface area contributed by atoms with Crippen LogP contribution >= 0.6 is 0 Å². The highest BCUT2D eigenvalue weighted by molar-refractivity contribution is 6.33. The van der Waals surface area contributed by atoms with Gasteiger partial charge >= 0.3 is 0 Å². The van der Waals surface area contributed by atoms with E-state index in [1.54, 1.807) is 0 Å². The van der Waals surface area contributed by atoms with E-state index in [0.29, 0.717) is 0 Å². The van der Waals surface area contributed by atoms with E-state index in [1.165, 1.54) is 37.7 Å². The molecule has 0 bridgehead atoms. The van der Waals surface area contributed by atoms with Crippen molar-refractivity contribution >= 4 is 48.9 Å². The largest absolute Gasteiger partial charge is 0.306 e. The van der Waals surface area contributed by atoms with Crippen LogP contribution in [0, 0.1) is 0 Å². The Morgan fingerprint density at radius 3 is 1.81 bits per heavy atom. The van der Waals surface area contributed by atoms with Gasteiger partial charge in [-0.1, -0.05) is 115 Å². The van der Waals surface area contributed by atoms with Gasteiger partial charge in [0.2, 0.25) is 0 Å². The van der Waals surface area contributed by atoms with Gasteiger partial charge in [0.15, 0.2) is 0 Å². The fraction of sp³-hybridized carbons (Fsp3) is 0. The Kier molecular flexibility index (Phi) is 5.20. The highest BCUT2D eigenvalue weighted by Gasteiger charge is 2.17. The van der Waals surface area contributed by atoms with Crippen molar-refractivity contribution in [2.24, 2.45) is 0 Å². The predicted molar refractivity (Wildman–Crippen MR) is 179 cm³/mol. The fourth-order valence-electron chi connectivity index (χ4n) is 6.59. The Morgan fingerprint density at radius 1 is 0.395 bits per heavy atom. The summed E-state index contributed by atoms with van der Waals surface area (Å²) in [7, 11) is 0. The van der Waals surface area contributed by atoms with Crippen LogP contribution in [0.1, 0.15) is 0 Å². The zero-order chi connectivity index (χ0) is 28.3. The molecule has 0 amide bonds. The molecule has 0 N–H and O–H groups in total. The summed E-state index contributed by atoms with van der Waals surface area (Å²) in [5.41, 5.74) is 8.40. The average Bonchev–Trinajstić information content (AvgIpc) is 3.52. The van der Waals surface area contributed by atoms with Crippen LogP contribution in [-0.4, -0.2) is 14.4 Å². The number of rotatable bonds is 3. The van der Waals surface area contributed by atoms with Gasteiger partial charge in [-0.2, -0.15) is 0 Å². The van der Waals surface area contributed by atoms with Gasteiger partial charge in [0, 0.05) is 39.7 Å². The lowest BCUT2D eigenvalue weighted by Gasteiger charge is -2.16. The molecule has 43 heavy (non-hydrogen) atoms. The summed E-state index contributed by atoms with van der Waals surface area (Å²) in [5, 5.41) is 8.63. The molecule has 0 aliphatic heterocycles. The Balaban J connectivity index is 1.29. The number of imidazole rings is 1. The summed E-state index contributed by atoms with van der Waals surface area (Å²) in [6.45, 7) is 0. The minimum Gasteiger partial charge on any atom is -0.306 e. The first-order chi connectivity index (χ1) is 21.3. The zero-order valence-corrected chi connectivity index (χ0v) is 23.3. The Hall–Kier alpha value is -5.80. The Morgan fingerprint density at radius 2 is 1.02 bits per heavy atom. The quantitative estimate of drug-likeness (QED) is 0.206. The van der Waals surface area contributed by atoms with Crippen molar-refractivity contribution in [2.45, 2.75) is 0 Å². The first-order valence-corrected chi connectivity index (χ1v) is 14.6. The van der Waals surface area contributed by atoms with Crippen molar-refractivity contribution in [2.75, 3.05) is 0 Å². The molecule has 9 aromatic rings. The summed E-state index contributed by atoms with van der Waals surface area (Å²) in [6.07, 6.45) is 4.27. The summed E-state index contributed by atoms with van der Waals surface area (Å²) >= 11 is 0. The van der Waals surface area contributed by atoms with Gasteiger partial charge in [0.05, 0.1) is 16.9 Å². The van der Waals surface area contributed by atoms with Crippen molar-refractivity contribution in [1.29, 1.82) is 0 Å². The second kappa shape index (κ2) is 9.37. The molecule has 0 unspecified atom stereocenters. The van der Waals surface area contributed by atoms with Crippen molar-refractivity contribution < 1.29 is 0 Å². The molecule has 0 saturated carbocycles. The Bertz CT molecular complexity index is 2510. The van der Waals surface area contributed by atoms with E-state index < -0.39 is 0 Å². The normalized spacial score (nSPS) is 11.7. The molecule has 0 aliphatic rings. The molecule has 6 aromatic carbocycles. The fourth-order valence-corrected chi connectivity index (χ4v) is 6.59.